The van der Waals surface area contributed by atoms with Crippen LogP contribution in [0.2, 0.25) is 0 Å². The maximum absolute atomic E-state index is 4.62. The van der Waals surface area contributed by atoms with E-state index in [4.69, 9.17) is 0 Å². The molecular weight excluding hydrogens is 186 g/mol. The first-order valence-electron chi connectivity index (χ1n) is 5.93. The third kappa shape index (κ3) is 2.40. The average molecular weight is 207 g/mol. The molecule has 0 N–H and O–H groups in total. The monoisotopic (exact) mass is 207 g/mol. The van der Waals surface area contributed by atoms with Gasteiger partial charge in [0.05, 0.1) is 12.2 Å². The van der Waals surface area contributed by atoms with Crippen LogP contribution in [0.25, 0.3) is 0 Å². The van der Waals surface area contributed by atoms with E-state index in [1.54, 1.807) is 0 Å². The second-order valence-corrected chi connectivity index (χ2v) is 4.78. The normalized spacial score (nSPS) is 17.9. The lowest BCUT2D eigenvalue weighted by Gasteiger charge is -2.17. The largest absolute Gasteiger partial charge is 0.331 e. The lowest BCUT2D eigenvalue weighted by molar-refractivity contribution is 0.313. The highest BCUT2D eigenvalue weighted by Gasteiger charge is 2.16. The number of aromatic nitrogens is 2. The van der Waals surface area contributed by atoms with Crippen molar-refractivity contribution in [3.05, 3.63) is 17.7 Å². The fraction of sp³-hybridized carbons (Fsp3) is 0.750. The van der Waals surface area contributed by atoms with E-state index in [0.29, 0.717) is 6.04 Å². The summed E-state index contributed by atoms with van der Waals surface area (Å²) in [6, 6.07) is 0.517. The number of imidazole rings is 1. The van der Waals surface area contributed by atoms with Crippen molar-refractivity contribution < 1.29 is 0 Å². The van der Waals surface area contributed by atoms with Crippen LogP contribution < -0.4 is 0 Å². The van der Waals surface area contributed by atoms with Gasteiger partial charge in [0, 0.05) is 12.2 Å². The van der Waals surface area contributed by atoms with Gasteiger partial charge in [0.15, 0.2) is 0 Å². The highest BCUT2D eigenvalue weighted by Crippen LogP contribution is 2.16. The quantitative estimate of drug-likeness (QED) is 0.758. The minimum absolute atomic E-state index is 0.517. The van der Waals surface area contributed by atoms with Crippen LogP contribution in [-0.2, 0) is 6.54 Å². The molecule has 1 saturated heterocycles. The van der Waals surface area contributed by atoms with Crippen LogP contribution in [0.1, 0.15) is 44.2 Å². The summed E-state index contributed by atoms with van der Waals surface area (Å²) in [6.45, 7) is 10.0. The van der Waals surface area contributed by atoms with Gasteiger partial charge in [0.25, 0.3) is 0 Å². The first kappa shape index (κ1) is 10.7. The van der Waals surface area contributed by atoms with Gasteiger partial charge in [-0.2, -0.15) is 0 Å². The molecular formula is C12H21N3. The predicted molar refractivity (Wildman–Crippen MR) is 61.9 cm³/mol. The molecule has 15 heavy (non-hydrogen) atoms. The molecule has 1 aromatic rings. The van der Waals surface area contributed by atoms with E-state index in [1.165, 1.54) is 31.8 Å². The Hall–Kier alpha value is -0.830. The smallest absolute Gasteiger partial charge is 0.123 e. The molecule has 2 rings (SSSR count). The van der Waals surface area contributed by atoms with Gasteiger partial charge in [-0.05, 0) is 46.7 Å². The van der Waals surface area contributed by atoms with E-state index in [0.717, 1.165) is 12.2 Å². The van der Waals surface area contributed by atoms with Gasteiger partial charge in [-0.15, -0.1) is 0 Å². The molecule has 1 aliphatic rings. The SMILES string of the molecule is Cc1cn(C(C)C)c(CN2CCCC2)n1. The van der Waals surface area contributed by atoms with Gasteiger partial charge >= 0.3 is 0 Å². The summed E-state index contributed by atoms with van der Waals surface area (Å²) in [5.41, 5.74) is 1.14. The zero-order valence-electron chi connectivity index (χ0n) is 10.0. The molecule has 0 unspecified atom stereocenters. The minimum Gasteiger partial charge on any atom is -0.331 e. The Morgan fingerprint density at radius 3 is 2.60 bits per heavy atom. The number of nitrogens with zero attached hydrogens (tertiary/aromatic N) is 3. The van der Waals surface area contributed by atoms with Crippen molar-refractivity contribution in [2.75, 3.05) is 13.1 Å². The molecule has 2 heterocycles. The van der Waals surface area contributed by atoms with Crippen molar-refractivity contribution in [3.63, 3.8) is 0 Å². The summed E-state index contributed by atoms with van der Waals surface area (Å²) in [5, 5.41) is 0. The summed E-state index contributed by atoms with van der Waals surface area (Å²) in [5.74, 6) is 1.23. The van der Waals surface area contributed by atoms with E-state index in [9.17, 15) is 0 Å². The number of aryl methyl sites for hydroxylation is 1. The first-order valence-corrected chi connectivity index (χ1v) is 5.93. The molecule has 0 aliphatic carbocycles. The molecule has 1 aromatic heterocycles. The van der Waals surface area contributed by atoms with Crippen molar-refractivity contribution >= 4 is 0 Å². The topological polar surface area (TPSA) is 21.1 Å². The maximum atomic E-state index is 4.62. The molecule has 0 amide bonds. The van der Waals surface area contributed by atoms with Crippen LogP contribution in [0.3, 0.4) is 0 Å². The highest BCUT2D eigenvalue weighted by molar-refractivity contribution is 5.03. The van der Waals surface area contributed by atoms with E-state index in [-0.39, 0.29) is 0 Å². The Balaban J connectivity index is 2.11. The van der Waals surface area contributed by atoms with E-state index in [1.807, 2.05) is 0 Å². The Morgan fingerprint density at radius 2 is 2.00 bits per heavy atom. The molecule has 3 heteroatoms. The molecule has 1 aliphatic heterocycles. The lowest BCUT2D eigenvalue weighted by Crippen LogP contribution is -2.21. The molecule has 0 bridgehead atoms. The van der Waals surface area contributed by atoms with Crippen LogP contribution >= 0.6 is 0 Å². The molecule has 0 saturated carbocycles. The maximum Gasteiger partial charge on any atom is 0.123 e. The Kier molecular flexibility index (Phi) is 3.10. The van der Waals surface area contributed by atoms with E-state index < -0.39 is 0 Å². The second-order valence-electron chi connectivity index (χ2n) is 4.78. The number of rotatable bonds is 3. The van der Waals surface area contributed by atoms with Crippen molar-refractivity contribution in [1.29, 1.82) is 0 Å². The van der Waals surface area contributed by atoms with E-state index >= 15 is 0 Å². The van der Waals surface area contributed by atoms with Crippen molar-refractivity contribution in [1.82, 2.24) is 14.5 Å². The molecule has 1 fully saturated rings. The molecule has 0 atom stereocenters. The summed E-state index contributed by atoms with van der Waals surface area (Å²) in [6.07, 6.45) is 4.86. The summed E-state index contributed by atoms with van der Waals surface area (Å²) in [4.78, 5) is 7.12. The summed E-state index contributed by atoms with van der Waals surface area (Å²) >= 11 is 0. The third-order valence-corrected chi connectivity index (χ3v) is 3.05. The van der Waals surface area contributed by atoms with Gasteiger partial charge in [-0.3, -0.25) is 4.90 Å². The third-order valence-electron chi connectivity index (χ3n) is 3.05. The van der Waals surface area contributed by atoms with Crippen molar-refractivity contribution in [2.45, 2.75) is 46.2 Å². The van der Waals surface area contributed by atoms with Gasteiger partial charge in [-0.1, -0.05) is 0 Å². The first-order chi connectivity index (χ1) is 7.16. The number of hydrogen-bond acceptors (Lipinski definition) is 2. The molecule has 84 valence electrons. The van der Waals surface area contributed by atoms with Crippen molar-refractivity contribution in [3.8, 4) is 0 Å². The minimum atomic E-state index is 0.517. The zero-order chi connectivity index (χ0) is 10.8. The van der Waals surface area contributed by atoms with Gasteiger partial charge in [-0.25, -0.2) is 4.98 Å². The average Bonchev–Trinajstić information content (AvgIpc) is 2.75. The Morgan fingerprint density at radius 1 is 1.33 bits per heavy atom. The van der Waals surface area contributed by atoms with Crippen LogP contribution in [0.5, 0.6) is 0 Å². The van der Waals surface area contributed by atoms with Crippen LogP contribution in [0.4, 0.5) is 0 Å². The van der Waals surface area contributed by atoms with Crippen molar-refractivity contribution in [2.24, 2.45) is 0 Å². The Labute approximate surface area is 92.1 Å². The summed E-state index contributed by atoms with van der Waals surface area (Å²) in [7, 11) is 0. The van der Waals surface area contributed by atoms with E-state index in [2.05, 4.69) is 41.4 Å². The summed E-state index contributed by atoms with van der Waals surface area (Å²) < 4.78 is 2.30. The second kappa shape index (κ2) is 4.35. The zero-order valence-corrected chi connectivity index (χ0v) is 10.0. The molecule has 0 radical (unpaired) electrons. The van der Waals surface area contributed by atoms with Crippen LogP contribution in [0, 0.1) is 6.92 Å². The number of likely N-dealkylation sites (tertiary alicyclic amines) is 1. The molecule has 0 spiro atoms. The standard InChI is InChI=1S/C12H21N3/c1-10(2)15-8-11(3)13-12(15)9-14-6-4-5-7-14/h8,10H,4-7,9H2,1-3H3. The fourth-order valence-corrected chi connectivity index (χ4v) is 2.27. The van der Waals surface area contributed by atoms with Gasteiger partial charge in [0.1, 0.15) is 5.82 Å². The van der Waals surface area contributed by atoms with Gasteiger partial charge < -0.3 is 4.57 Å². The van der Waals surface area contributed by atoms with Crippen LogP contribution in [0.15, 0.2) is 6.20 Å². The number of hydrogen-bond donors (Lipinski definition) is 0. The predicted octanol–water partition coefficient (Wildman–Crippen LogP) is 2.37. The molecule has 0 aromatic carbocycles. The highest BCUT2D eigenvalue weighted by atomic mass is 15.2. The molecule has 3 nitrogen and oxygen atoms in total. The lowest BCUT2D eigenvalue weighted by atomic mass is 10.3. The Bertz CT molecular complexity index is 322. The van der Waals surface area contributed by atoms with Gasteiger partial charge in [0.2, 0.25) is 0 Å². The van der Waals surface area contributed by atoms with Crippen LogP contribution in [-0.4, -0.2) is 27.5 Å². The fourth-order valence-electron chi connectivity index (χ4n) is 2.27.